The molecule has 36 heavy (non-hydrogen) atoms. The smallest absolute Gasteiger partial charge is 0.370 e. The monoisotopic (exact) mass is 519 g/mol. The second kappa shape index (κ2) is 11.0. The van der Waals surface area contributed by atoms with Gasteiger partial charge in [0.2, 0.25) is 12.1 Å². The quantitative estimate of drug-likeness (QED) is 0.276. The van der Waals surface area contributed by atoms with E-state index in [1.165, 1.54) is 0 Å². The second-order valence-corrected chi connectivity index (χ2v) is 10.7. The van der Waals surface area contributed by atoms with Crippen LogP contribution in [0.1, 0.15) is 25.8 Å². The maximum atomic E-state index is 11.4. The van der Waals surface area contributed by atoms with Gasteiger partial charge in [-0.1, -0.05) is 65.1 Å². The zero-order chi connectivity index (χ0) is 25.8. The summed E-state index contributed by atoms with van der Waals surface area (Å²) in [4.78, 5) is 25.8. The van der Waals surface area contributed by atoms with Crippen LogP contribution in [0.4, 0.5) is 5.69 Å². The summed E-state index contributed by atoms with van der Waals surface area (Å²) in [5.74, 6) is -1.75. The summed E-state index contributed by atoms with van der Waals surface area (Å²) in [6.45, 7) is 5.83. The molecule has 184 valence electrons. The Kier molecular flexibility index (Phi) is 7.76. The number of carboxylic acids is 2. The van der Waals surface area contributed by atoms with Crippen molar-refractivity contribution in [3.05, 3.63) is 93.5 Å². The van der Waals surface area contributed by atoms with Crippen molar-refractivity contribution in [3.63, 3.8) is 0 Å². The average Bonchev–Trinajstić information content (AvgIpc) is 3.30. The van der Waals surface area contributed by atoms with Gasteiger partial charge in [-0.25, -0.2) is 4.79 Å². The Morgan fingerprint density at radius 1 is 0.917 bits per heavy atom. The lowest BCUT2D eigenvalue weighted by Gasteiger charge is -2.18. The van der Waals surface area contributed by atoms with Crippen LogP contribution in [0, 0.1) is 0 Å². The number of carboxylic acid groups (broad SMARTS) is 2. The minimum atomic E-state index is -0.877. The number of allylic oxidation sites excluding steroid dienone is 6. The number of para-hydroxylation sites is 2. The molecule has 0 radical (unpaired) electrons. The molecule has 4 rings (SSSR count). The molecule has 1 aliphatic rings. The van der Waals surface area contributed by atoms with Crippen LogP contribution in [0.15, 0.2) is 93.4 Å². The number of anilines is 1. The van der Waals surface area contributed by atoms with Crippen molar-refractivity contribution in [2.45, 2.75) is 32.2 Å². The second-order valence-electron chi connectivity index (χ2n) is 8.59. The van der Waals surface area contributed by atoms with Crippen molar-refractivity contribution in [1.29, 1.82) is 0 Å². The maximum absolute atomic E-state index is 11.4. The summed E-state index contributed by atoms with van der Waals surface area (Å²) >= 11 is 3.14. The van der Waals surface area contributed by atoms with Gasteiger partial charge in [-0.2, -0.15) is 4.57 Å². The molecule has 8 heteroatoms. The van der Waals surface area contributed by atoms with Crippen molar-refractivity contribution in [1.82, 2.24) is 0 Å². The fourth-order valence-corrected chi connectivity index (χ4v) is 6.50. The van der Waals surface area contributed by atoms with E-state index in [0.717, 1.165) is 47.6 Å². The van der Waals surface area contributed by atoms with Gasteiger partial charge in [-0.15, -0.1) is 0 Å². The van der Waals surface area contributed by atoms with Crippen LogP contribution in [0.2, 0.25) is 0 Å². The topological polar surface area (TPSA) is 81.7 Å². The third-order valence-electron chi connectivity index (χ3n) is 5.47. The highest BCUT2D eigenvalue weighted by molar-refractivity contribution is 8.03. The van der Waals surface area contributed by atoms with Gasteiger partial charge in [0.1, 0.15) is 11.2 Å². The molecule has 2 N–H and O–H groups in total. The number of benzene rings is 2. The van der Waals surface area contributed by atoms with Crippen molar-refractivity contribution in [2.24, 2.45) is 0 Å². The fraction of sp³-hybridized carbons (Fsp3) is 0.179. The van der Waals surface area contributed by atoms with E-state index in [1.54, 1.807) is 23.1 Å². The van der Waals surface area contributed by atoms with Crippen molar-refractivity contribution >= 4 is 57.0 Å². The number of hydrogen-bond acceptors (Lipinski definition) is 5. The Hall–Kier alpha value is -3.62. The minimum Gasteiger partial charge on any atom is -0.480 e. The van der Waals surface area contributed by atoms with Crippen molar-refractivity contribution in [2.75, 3.05) is 11.4 Å². The standard InChI is InChI=1S/C28H26N2O4S2/c1-18(12-19(2)14-25-29(16-27(31)32)21-8-4-6-10-23(21)35-25)13-20(3)15-26-30(17-28(33)34)22-9-5-7-11-24(22)36-26/h4-15H,16-17H2,1-3H3,(H-,31,32,33,34)/p+1. The Morgan fingerprint density at radius 3 is 2.36 bits per heavy atom. The van der Waals surface area contributed by atoms with Crippen LogP contribution in [-0.4, -0.2) is 28.7 Å². The molecule has 0 saturated heterocycles. The Balaban J connectivity index is 1.59. The summed E-state index contributed by atoms with van der Waals surface area (Å²) in [5.41, 5.74) is 4.87. The SMILES string of the molecule is CC(=CC(C)=Cc1sc2ccccc2[n+]1CC(=O)O)C=C(C)C=C1Sc2ccccc2N1CC(=O)O. The van der Waals surface area contributed by atoms with Crippen molar-refractivity contribution < 1.29 is 24.4 Å². The van der Waals surface area contributed by atoms with E-state index in [4.69, 9.17) is 0 Å². The number of aliphatic carboxylic acids is 2. The molecule has 0 spiro atoms. The van der Waals surface area contributed by atoms with Crippen LogP contribution < -0.4 is 9.47 Å². The Bertz CT molecular complexity index is 1460. The first-order chi connectivity index (χ1) is 17.2. The van der Waals surface area contributed by atoms with E-state index in [1.807, 2.05) is 90.9 Å². The van der Waals surface area contributed by atoms with Crippen LogP contribution in [0.3, 0.4) is 0 Å². The van der Waals surface area contributed by atoms with Crippen LogP contribution in [0.5, 0.6) is 0 Å². The van der Waals surface area contributed by atoms with Gasteiger partial charge in [0, 0.05) is 17.0 Å². The normalized spacial score (nSPS) is 15.6. The van der Waals surface area contributed by atoms with Gasteiger partial charge < -0.3 is 15.1 Å². The number of aromatic nitrogens is 1. The number of hydrogen-bond donors (Lipinski definition) is 2. The average molecular weight is 520 g/mol. The first-order valence-corrected chi connectivity index (χ1v) is 13.0. The number of thioether (sulfide) groups is 1. The van der Waals surface area contributed by atoms with Crippen LogP contribution >= 0.6 is 23.1 Å². The zero-order valence-corrected chi connectivity index (χ0v) is 21.9. The van der Waals surface area contributed by atoms with Crippen molar-refractivity contribution in [3.8, 4) is 0 Å². The summed E-state index contributed by atoms with van der Waals surface area (Å²) in [5, 5.41) is 20.5. The van der Waals surface area contributed by atoms with Crippen LogP contribution in [-0.2, 0) is 16.1 Å². The van der Waals surface area contributed by atoms with Gasteiger partial charge in [0.25, 0.3) is 5.01 Å². The number of fused-ring (bicyclic) bond motifs is 2. The largest absolute Gasteiger partial charge is 0.480 e. The highest BCUT2D eigenvalue weighted by atomic mass is 32.2. The molecule has 0 saturated carbocycles. The van der Waals surface area contributed by atoms with Gasteiger partial charge in [-0.05, 0) is 56.2 Å². The van der Waals surface area contributed by atoms with Gasteiger partial charge in [0.15, 0.2) is 0 Å². The summed E-state index contributed by atoms with van der Waals surface area (Å²) in [7, 11) is 0. The third-order valence-corrected chi connectivity index (χ3v) is 7.70. The number of thiazole rings is 1. The summed E-state index contributed by atoms with van der Waals surface area (Å²) in [6.07, 6.45) is 8.14. The molecule has 0 bridgehead atoms. The third kappa shape index (κ3) is 5.95. The predicted molar refractivity (Wildman–Crippen MR) is 146 cm³/mol. The maximum Gasteiger partial charge on any atom is 0.370 e. The lowest BCUT2D eigenvalue weighted by Crippen LogP contribution is -2.39. The van der Waals surface area contributed by atoms with E-state index in [0.29, 0.717) is 0 Å². The molecule has 1 aromatic heterocycles. The lowest BCUT2D eigenvalue weighted by molar-refractivity contribution is -0.657. The summed E-state index contributed by atoms with van der Waals surface area (Å²) in [6, 6.07) is 15.6. The number of nitrogens with zero attached hydrogens (tertiary/aromatic N) is 2. The number of carbonyl (C=O) groups is 2. The molecule has 0 unspecified atom stereocenters. The number of rotatable bonds is 8. The molecule has 0 fully saturated rings. The first kappa shape index (κ1) is 25.5. The molecule has 2 aromatic carbocycles. The predicted octanol–water partition coefficient (Wildman–Crippen LogP) is 6.11. The molecule has 2 heterocycles. The highest BCUT2D eigenvalue weighted by Gasteiger charge is 2.26. The Labute approximate surface area is 218 Å². The molecular formula is C28H27N2O4S2+. The van der Waals surface area contributed by atoms with E-state index in [2.05, 4.69) is 12.2 Å². The van der Waals surface area contributed by atoms with E-state index < -0.39 is 11.9 Å². The Morgan fingerprint density at radius 2 is 1.61 bits per heavy atom. The lowest BCUT2D eigenvalue weighted by atomic mass is 10.1. The van der Waals surface area contributed by atoms with Gasteiger partial charge in [-0.3, -0.25) is 4.79 Å². The molecule has 1 aliphatic heterocycles. The van der Waals surface area contributed by atoms with Gasteiger partial charge >= 0.3 is 11.9 Å². The zero-order valence-electron chi connectivity index (χ0n) is 20.3. The molecule has 0 atom stereocenters. The highest BCUT2D eigenvalue weighted by Crippen LogP contribution is 2.45. The molecule has 3 aromatic rings. The van der Waals surface area contributed by atoms with E-state index >= 15 is 0 Å². The van der Waals surface area contributed by atoms with E-state index in [9.17, 15) is 19.8 Å². The molecule has 0 amide bonds. The van der Waals surface area contributed by atoms with Crippen LogP contribution in [0.25, 0.3) is 16.3 Å². The molecular weight excluding hydrogens is 492 g/mol. The molecule has 6 nitrogen and oxygen atoms in total. The van der Waals surface area contributed by atoms with Gasteiger partial charge in [0.05, 0.1) is 10.7 Å². The fourth-order valence-electron chi connectivity index (χ4n) is 4.15. The van der Waals surface area contributed by atoms with E-state index in [-0.39, 0.29) is 13.1 Å². The minimum absolute atomic E-state index is 0.0920. The molecule has 0 aliphatic carbocycles. The first-order valence-electron chi connectivity index (χ1n) is 11.4. The summed E-state index contributed by atoms with van der Waals surface area (Å²) < 4.78 is 2.87.